The van der Waals surface area contributed by atoms with Gasteiger partial charge in [0.2, 0.25) is 0 Å². The summed E-state index contributed by atoms with van der Waals surface area (Å²) < 4.78 is 0. The average molecular weight is 785 g/mol. The fraction of sp³-hybridized carbons (Fsp3) is 0.119. The number of anilines is 6. The van der Waals surface area contributed by atoms with Crippen molar-refractivity contribution < 1.29 is 0 Å². The number of fused-ring (bicyclic) bond motifs is 6. The third kappa shape index (κ3) is 6.17. The van der Waals surface area contributed by atoms with Crippen LogP contribution in [-0.4, -0.2) is 0 Å². The monoisotopic (exact) mass is 784 g/mol. The molecular weight excluding hydrogens is 737 g/mol. The number of nitrogens with zero attached hydrogens (tertiary/aromatic N) is 2. The molecule has 61 heavy (non-hydrogen) atoms. The van der Waals surface area contributed by atoms with Crippen LogP contribution in [0.25, 0.3) is 54.2 Å². The summed E-state index contributed by atoms with van der Waals surface area (Å²) in [6, 6.07) is 68.5. The highest BCUT2D eigenvalue weighted by Gasteiger charge is 2.35. The molecule has 10 aromatic rings. The number of aryl methyl sites for hydroxylation is 4. The van der Waals surface area contributed by atoms with Gasteiger partial charge < -0.3 is 9.80 Å². The molecule has 0 unspecified atom stereocenters. The summed E-state index contributed by atoms with van der Waals surface area (Å²) in [6.07, 6.45) is 0. The van der Waals surface area contributed by atoms with Crippen molar-refractivity contribution in [2.45, 2.75) is 47.0 Å². The first-order valence-electron chi connectivity index (χ1n) is 21.5. The van der Waals surface area contributed by atoms with Crippen LogP contribution in [0.1, 0.15) is 47.2 Å². The first-order chi connectivity index (χ1) is 29.6. The number of benzene rings is 10. The van der Waals surface area contributed by atoms with Crippen molar-refractivity contribution in [1.29, 1.82) is 0 Å². The largest absolute Gasteiger partial charge is 0.310 e. The van der Waals surface area contributed by atoms with Crippen molar-refractivity contribution in [3.05, 3.63) is 215 Å². The Morgan fingerprint density at radius 1 is 0.311 bits per heavy atom. The van der Waals surface area contributed by atoms with Gasteiger partial charge in [0, 0.05) is 39.5 Å². The Morgan fingerprint density at radius 2 is 0.754 bits per heavy atom. The first-order valence-corrected chi connectivity index (χ1v) is 21.5. The number of rotatable bonds is 6. The lowest BCUT2D eigenvalue weighted by Crippen LogP contribution is -2.24. The van der Waals surface area contributed by atoms with E-state index in [1.807, 2.05) is 0 Å². The molecule has 2 heteroatoms. The Kier molecular flexibility index (Phi) is 8.44. The van der Waals surface area contributed by atoms with Gasteiger partial charge in [-0.3, -0.25) is 0 Å². The van der Waals surface area contributed by atoms with Gasteiger partial charge in [0.25, 0.3) is 0 Å². The van der Waals surface area contributed by atoms with Crippen LogP contribution in [0.5, 0.6) is 0 Å². The Balaban J connectivity index is 1.23. The second kappa shape index (κ2) is 14.0. The quantitative estimate of drug-likeness (QED) is 0.155. The topological polar surface area (TPSA) is 6.48 Å². The first kappa shape index (κ1) is 36.9. The second-order valence-electron chi connectivity index (χ2n) is 17.8. The highest BCUT2D eigenvalue weighted by molar-refractivity contribution is 6.18. The van der Waals surface area contributed by atoms with Gasteiger partial charge in [0.1, 0.15) is 0 Å². The molecule has 1 aliphatic carbocycles. The van der Waals surface area contributed by atoms with E-state index < -0.39 is 0 Å². The molecule has 1 aliphatic rings. The number of hydrogen-bond donors (Lipinski definition) is 0. The van der Waals surface area contributed by atoms with Gasteiger partial charge in [-0.05, 0) is 194 Å². The summed E-state index contributed by atoms with van der Waals surface area (Å²) in [7, 11) is 0. The van der Waals surface area contributed by atoms with Crippen molar-refractivity contribution in [2.75, 3.05) is 9.80 Å². The van der Waals surface area contributed by atoms with E-state index in [0.29, 0.717) is 0 Å². The van der Waals surface area contributed by atoms with Crippen molar-refractivity contribution in [3.63, 3.8) is 0 Å². The lowest BCUT2D eigenvalue weighted by Gasteiger charge is -2.37. The molecule has 0 atom stereocenters. The van der Waals surface area contributed by atoms with Crippen LogP contribution < -0.4 is 9.80 Å². The van der Waals surface area contributed by atoms with Gasteiger partial charge in [-0.1, -0.05) is 117 Å². The Bertz CT molecular complexity index is 3370. The van der Waals surface area contributed by atoms with Gasteiger partial charge in [-0.2, -0.15) is 0 Å². The van der Waals surface area contributed by atoms with E-state index in [4.69, 9.17) is 0 Å². The van der Waals surface area contributed by atoms with E-state index in [1.165, 1.54) is 87.6 Å². The van der Waals surface area contributed by atoms with Gasteiger partial charge in [0.15, 0.2) is 0 Å². The Labute approximate surface area is 359 Å². The van der Waals surface area contributed by atoms with E-state index >= 15 is 0 Å². The van der Waals surface area contributed by atoms with E-state index in [0.717, 1.165) is 34.1 Å². The molecule has 11 rings (SSSR count). The highest BCUT2D eigenvalue weighted by Crippen LogP contribution is 2.53. The molecular formula is C59H48N2. The zero-order valence-electron chi connectivity index (χ0n) is 35.7. The molecule has 0 bridgehead atoms. The summed E-state index contributed by atoms with van der Waals surface area (Å²) in [6.45, 7) is 13.6. The Morgan fingerprint density at radius 3 is 1.33 bits per heavy atom. The zero-order valence-corrected chi connectivity index (χ0v) is 35.7. The molecule has 0 saturated heterocycles. The maximum Gasteiger partial charge on any atom is 0.0471 e. The van der Waals surface area contributed by atoms with Gasteiger partial charge in [0.05, 0.1) is 0 Å². The molecule has 0 spiro atoms. The van der Waals surface area contributed by atoms with E-state index in [1.54, 1.807) is 0 Å². The van der Waals surface area contributed by atoms with E-state index in [2.05, 4.69) is 233 Å². The van der Waals surface area contributed by atoms with Gasteiger partial charge in [-0.25, -0.2) is 0 Å². The summed E-state index contributed by atoms with van der Waals surface area (Å²) >= 11 is 0. The molecule has 294 valence electrons. The summed E-state index contributed by atoms with van der Waals surface area (Å²) in [5, 5.41) is 9.99. The van der Waals surface area contributed by atoms with E-state index in [9.17, 15) is 0 Å². The van der Waals surface area contributed by atoms with Gasteiger partial charge >= 0.3 is 0 Å². The average Bonchev–Trinajstić information content (AvgIpc) is 3.25. The van der Waals surface area contributed by atoms with Crippen LogP contribution in [-0.2, 0) is 5.41 Å². The second-order valence-corrected chi connectivity index (χ2v) is 17.8. The lowest BCUT2D eigenvalue weighted by atomic mass is 9.68. The van der Waals surface area contributed by atoms with Gasteiger partial charge in [-0.15, -0.1) is 0 Å². The molecule has 0 aromatic heterocycles. The summed E-state index contributed by atoms with van der Waals surface area (Å²) in [5.74, 6) is 0. The van der Waals surface area contributed by atoms with Crippen molar-refractivity contribution >= 4 is 77.2 Å². The van der Waals surface area contributed by atoms with Crippen LogP contribution in [0.4, 0.5) is 34.1 Å². The predicted octanol–water partition coefficient (Wildman–Crippen LogP) is 16.8. The molecule has 0 radical (unpaired) electrons. The minimum absolute atomic E-state index is 0.253. The van der Waals surface area contributed by atoms with Crippen LogP contribution in [0, 0.1) is 27.7 Å². The minimum Gasteiger partial charge on any atom is -0.310 e. The highest BCUT2D eigenvalue weighted by atomic mass is 15.1. The molecule has 10 aromatic carbocycles. The van der Waals surface area contributed by atoms with Crippen LogP contribution in [0.2, 0.25) is 0 Å². The summed E-state index contributed by atoms with van der Waals surface area (Å²) in [4.78, 5) is 4.93. The van der Waals surface area contributed by atoms with Crippen LogP contribution in [0.3, 0.4) is 0 Å². The molecule has 0 saturated carbocycles. The standard InChI is InChI=1S/C59H48N2/c1-37-25-38(2)28-49(27-37)60(46-22-19-41-13-7-9-15-43(41)31-46)48-24-21-45-33-54-52-17-11-12-18-56(52)59(5,6)57-36-51(35-55(58(54)57)53(45)34-48)61(50-29-39(3)26-40(4)30-50)47-23-20-42-14-8-10-16-44(42)32-47/h7-36H,1-6H3. The molecule has 0 fully saturated rings. The van der Waals surface area contributed by atoms with Crippen molar-refractivity contribution in [3.8, 4) is 11.1 Å². The third-order valence-electron chi connectivity index (χ3n) is 13.0. The molecule has 0 aliphatic heterocycles. The zero-order chi connectivity index (χ0) is 41.6. The molecule has 2 nitrogen and oxygen atoms in total. The van der Waals surface area contributed by atoms with E-state index in [-0.39, 0.29) is 5.41 Å². The SMILES string of the molecule is Cc1cc(C)cc(N(c2ccc3ccccc3c2)c2ccc3cc4c5c(cc(N(c6cc(C)cc(C)c6)c6ccc7ccccc7c6)cc5c3c2)C(C)(C)c2ccccc2-4)c1. The molecule has 0 amide bonds. The smallest absolute Gasteiger partial charge is 0.0471 e. The third-order valence-corrected chi connectivity index (χ3v) is 13.0. The number of hydrogen-bond acceptors (Lipinski definition) is 2. The fourth-order valence-corrected chi connectivity index (χ4v) is 10.3. The lowest BCUT2D eigenvalue weighted by molar-refractivity contribution is 0.645. The maximum absolute atomic E-state index is 2.49. The minimum atomic E-state index is -0.253. The predicted molar refractivity (Wildman–Crippen MR) is 262 cm³/mol. The molecule has 0 N–H and O–H groups in total. The van der Waals surface area contributed by atoms with Crippen LogP contribution >= 0.6 is 0 Å². The van der Waals surface area contributed by atoms with Crippen molar-refractivity contribution in [1.82, 2.24) is 0 Å². The maximum atomic E-state index is 2.49. The molecule has 0 heterocycles. The van der Waals surface area contributed by atoms with Crippen LogP contribution in [0.15, 0.2) is 182 Å². The van der Waals surface area contributed by atoms with Crippen molar-refractivity contribution in [2.24, 2.45) is 0 Å². The normalized spacial score (nSPS) is 12.9. The summed E-state index contributed by atoms with van der Waals surface area (Å²) in [5.41, 5.74) is 16.9. The Hall–Kier alpha value is -7.16. The fourth-order valence-electron chi connectivity index (χ4n) is 10.3.